The van der Waals surface area contributed by atoms with E-state index in [0.29, 0.717) is 6.04 Å². The van der Waals surface area contributed by atoms with Gasteiger partial charge in [-0.2, -0.15) is 0 Å². The number of anilines is 1. The summed E-state index contributed by atoms with van der Waals surface area (Å²) >= 11 is 1.52. The normalized spacial score (nSPS) is 16.8. The zero-order valence-corrected chi connectivity index (χ0v) is 14.1. The van der Waals surface area contributed by atoms with Crippen molar-refractivity contribution in [2.24, 2.45) is 0 Å². The largest absolute Gasteiger partial charge is 0.293 e. The fourth-order valence-corrected chi connectivity index (χ4v) is 3.84. The van der Waals surface area contributed by atoms with Crippen molar-refractivity contribution in [2.75, 3.05) is 19.0 Å². The smallest absolute Gasteiger partial charge is 0.225 e. The first kappa shape index (κ1) is 15.2. The molecule has 2 aromatic rings. The van der Waals surface area contributed by atoms with Gasteiger partial charge in [-0.1, -0.05) is 24.3 Å². The minimum atomic E-state index is 0.0129. The Bertz CT molecular complexity index is 682. The molecule has 5 heteroatoms. The average molecular weight is 315 g/mol. The van der Waals surface area contributed by atoms with Crippen molar-refractivity contribution in [3.63, 3.8) is 0 Å². The van der Waals surface area contributed by atoms with Crippen LogP contribution in [0.4, 0.5) is 5.13 Å². The summed E-state index contributed by atoms with van der Waals surface area (Å²) in [6, 6.07) is 9.16. The van der Waals surface area contributed by atoms with E-state index in [1.807, 2.05) is 5.38 Å². The molecule has 1 aliphatic carbocycles. The Kier molecular flexibility index (Phi) is 4.27. The van der Waals surface area contributed by atoms with Crippen LogP contribution in [0.15, 0.2) is 29.6 Å². The van der Waals surface area contributed by atoms with Gasteiger partial charge < -0.3 is 0 Å². The molecule has 1 aromatic heterocycles. The summed E-state index contributed by atoms with van der Waals surface area (Å²) in [6.45, 7) is 2.36. The highest BCUT2D eigenvalue weighted by molar-refractivity contribution is 7.14. The summed E-state index contributed by atoms with van der Waals surface area (Å²) in [5.74, 6) is 0.0129. The summed E-state index contributed by atoms with van der Waals surface area (Å²) in [4.78, 5) is 19.9. The molecule has 4 nitrogen and oxygen atoms in total. The minimum Gasteiger partial charge on any atom is -0.293 e. The van der Waals surface area contributed by atoms with E-state index < -0.39 is 0 Å². The molecule has 22 heavy (non-hydrogen) atoms. The number of amides is 1. The Balaban J connectivity index is 1.70. The number of rotatable bonds is 4. The predicted octanol–water partition coefficient (Wildman–Crippen LogP) is 3.25. The number of hydrogen-bond donors (Lipinski definition) is 0. The standard InChI is InChI=1S/C17H21N3OS/c1-12(21)20(3)17-18-14(11-22-17)10-19(2)16-9-8-13-6-4-5-7-15(13)16/h4-7,11,16H,8-10H2,1-3H3/t16-/m0/s1. The van der Waals surface area contributed by atoms with Gasteiger partial charge in [-0.15, -0.1) is 11.3 Å². The van der Waals surface area contributed by atoms with Gasteiger partial charge in [0, 0.05) is 31.9 Å². The van der Waals surface area contributed by atoms with Crippen LogP contribution >= 0.6 is 11.3 Å². The van der Waals surface area contributed by atoms with E-state index in [-0.39, 0.29) is 5.91 Å². The van der Waals surface area contributed by atoms with Gasteiger partial charge in [0.15, 0.2) is 5.13 Å². The SMILES string of the molecule is CC(=O)N(C)c1nc(CN(C)[C@H]2CCc3ccccc32)cs1. The fourth-order valence-electron chi connectivity index (χ4n) is 3.02. The number of fused-ring (bicyclic) bond motifs is 1. The molecule has 0 aliphatic heterocycles. The molecular weight excluding hydrogens is 294 g/mol. The number of thiazole rings is 1. The van der Waals surface area contributed by atoms with Crippen molar-refractivity contribution in [3.05, 3.63) is 46.5 Å². The molecule has 1 heterocycles. The lowest BCUT2D eigenvalue weighted by molar-refractivity contribution is -0.116. The van der Waals surface area contributed by atoms with E-state index in [1.165, 1.54) is 28.9 Å². The van der Waals surface area contributed by atoms with Gasteiger partial charge in [0.1, 0.15) is 0 Å². The molecular formula is C17H21N3OS. The van der Waals surface area contributed by atoms with Gasteiger partial charge in [-0.25, -0.2) is 4.98 Å². The lowest BCUT2D eigenvalue weighted by Gasteiger charge is -2.24. The first-order chi connectivity index (χ1) is 10.6. The van der Waals surface area contributed by atoms with Gasteiger partial charge in [-0.05, 0) is 31.0 Å². The molecule has 1 aromatic carbocycles. The zero-order chi connectivity index (χ0) is 15.7. The summed E-state index contributed by atoms with van der Waals surface area (Å²) in [5, 5.41) is 2.81. The molecule has 0 unspecified atom stereocenters. The van der Waals surface area contributed by atoms with Crippen LogP contribution < -0.4 is 4.90 Å². The lowest BCUT2D eigenvalue weighted by Crippen LogP contribution is -2.24. The third-order valence-electron chi connectivity index (χ3n) is 4.34. The number of carbonyl (C=O) groups is 1. The number of nitrogens with zero attached hydrogens (tertiary/aromatic N) is 3. The molecule has 0 saturated heterocycles. The highest BCUT2D eigenvalue weighted by Crippen LogP contribution is 2.35. The van der Waals surface area contributed by atoms with Crippen LogP contribution in [0.5, 0.6) is 0 Å². The summed E-state index contributed by atoms with van der Waals surface area (Å²) < 4.78 is 0. The molecule has 0 radical (unpaired) electrons. The van der Waals surface area contributed by atoms with Crippen molar-refractivity contribution in [2.45, 2.75) is 32.4 Å². The van der Waals surface area contributed by atoms with Crippen molar-refractivity contribution < 1.29 is 4.79 Å². The fraction of sp³-hybridized carbons (Fsp3) is 0.412. The second-order valence-corrected chi connectivity index (χ2v) is 6.70. The van der Waals surface area contributed by atoms with E-state index in [4.69, 9.17) is 0 Å². The van der Waals surface area contributed by atoms with Crippen LogP contribution in [0.25, 0.3) is 0 Å². The van der Waals surface area contributed by atoms with Crippen LogP contribution in [0.3, 0.4) is 0 Å². The Labute approximate surface area is 135 Å². The predicted molar refractivity (Wildman–Crippen MR) is 90.2 cm³/mol. The molecule has 0 fully saturated rings. The first-order valence-corrected chi connectivity index (χ1v) is 8.41. The van der Waals surface area contributed by atoms with Gasteiger partial charge in [-0.3, -0.25) is 14.6 Å². The summed E-state index contributed by atoms with van der Waals surface area (Å²) in [6.07, 6.45) is 2.32. The first-order valence-electron chi connectivity index (χ1n) is 7.53. The maximum atomic E-state index is 11.4. The summed E-state index contributed by atoms with van der Waals surface area (Å²) in [7, 11) is 3.92. The van der Waals surface area contributed by atoms with Crippen molar-refractivity contribution in [1.82, 2.24) is 9.88 Å². The second-order valence-electron chi connectivity index (χ2n) is 5.87. The number of aromatic nitrogens is 1. The van der Waals surface area contributed by atoms with E-state index in [9.17, 15) is 4.79 Å². The van der Waals surface area contributed by atoms with E-state index in [2.05, 4.69) is 41.2 Å². The van der Waals surface area contributed by atoms with Crippen LogP contribution in [0, 0.1) is 0 Å². The Morgan fingerprint density at radius 2 is 2.14 bits per heavy atom. The third kappa shape index (κ3) is 2.91. The highest BCUT2D eigenvalue weighted by Gasteiger charge is 2.25. The molecule has 1 aliphatic rings. The van der Waals surface area contributed by atoms with Gasteiger partial charge in [0.05, 0.1) is 5.69 Å². The molecule has 0 saturated carbocycles. The molecule has 116 valence electrons. The maximum absolute atomic E-state index is 11.4. The maximum Gasteiger partial charge on any atom is 0.225 e. The van der Waals surface area contributed by atoms with E-state index in [1.54, 1.807) is 18.9 Å². The van der Waals surface area contributed by atoms with Crippen LogP contribution in [0.2, 0.25) is 0 Å². The number of carbonyl (C=O) groups excluding carboxylic acids is 1. The quantitative estimate of drug-likeness (QED) is 0.869. The topological polar surface area (TPSA) is 36.4 Å². The number of aryl methyl sites for hydroxylation is 1. The van der Waals surface area contributed by atoms with Crippen molar-refractivity contribution >= 4 is 22.4 Å². The number of benzene rings is 1. The Hall–Kier alpha value is -1.72. The molecule has 1 atom stereocenters. The second kappa shape index (κ2) is 6.18. The number of hydrogen-bond acceptors (Lipinski definition) is 4. The van der Waals surface area contributed by atoms with Gasteiger partial charge in [0.2, 0.25) is 5.91 Å². The van der Waals surface area contributed by atoms with Gasteiger partial charge >= 0.3 is 0 Å². The monoisotopic (exact) mass is 315 g/mol. The molecule has 1 amide bonds. The van der Waals surface area contributed by atoms with Crippen LogP contribution in [-0.2, 0) is 17.8 Å². The minimum absolute atomic E-state index is 0.0129. The molecule has 0 bridgehead atoms. The van der Waals surface area contributed by atoms with Crippen molar-refractivity contribution in [3.8, 4) is 0 Å². The Morgan fingerprint density at radius 1 is 1.36 bits per heavy atom. The molecule has 0 spiro atoms. The summed E-state index contributed by atoms with van der Waals surface area (Å²) in [5.41, 5.74) is 3.94. The molecule has 0 N–H and O–H groups in total. The average Bonchev–Trinajstić information content (AvgIpc) is 3.12. The van der Waals surface area contributed by atoms with Crippen LogP contribution in [-0.4, -0.2) is 29.9 Å². The zero-order valence-electron chi connectivity index (χ0n) is 13.2. The van der Waals surface area contributed by atoms with Crippen molar-refractivity contribution in [1.29, 1.82) is 0 Å². The van der Waals surface area contributed by atoms with Crippen LogP contribution in [0.1, 0.15) is 36.2 Å². The van der Waals surface area contributed by atoms with E-state index >= 15 is 0 Å². The molecule has 3 rings (SSSR count). The van der Waals surface area contributed by atoms with Gasteiger partial charge in [0.25, 0.3) is 0 Å². The van der Waals surface area contributed by atoms with E-state index in [0.717, 1.165) is 23.8 Å². The Morgan fingerprint density at radius 3 is 2.91 bits per heavy atom. The lowest BCUT2D eigenvalue weighted by atomic mass is 10.1. The third-order valence-corrected chi connectivity index (χ3v) is 5.31. The highest BCUT2D eigenvalue weighted by atomic mass is 32.1.